The fourth-order valence-corrected chi connectivity index (χ4v) is 5.49. The van der Waals surface area contributed by atoms with E-state index in [1.54, 1.807) is 6.07 Å². The molecule has 1 saturated heterocycles. The molecule has 2 aromatic rings. The van der Waals surface area contributed by atoms with Crippen molar-refractivity contribution in [2.45, 2.75) is 32.6 Å². The van der Waals surface area contributed by atoms with Crippen LogP contribution in [0.4, 0.5) is 5.69 Å². The van der Waals surface area contributed by atoms with E-state index in [9.17, 15) is 13.2 Å². The lowest BCUT2D eigenvalue weighted by atomic mass is 10.1. The second-order valence-electron chi connectivity index (χ2n) is 8.50. The third-order valence-corrected chi connectivity index (χ3v) is 7.90. The number of anilines is 1. The molecule has 2 aromatic carbocycles. The number of hydrogen-bond donors (Lipinski definition) is 1. The SMILES string of the molecule is Cc1ccc(C)c(S(=O)(=O)CCN2CCN(CC(=O)Nc3cccc(C)c3C)CC2)c1. The van der Waals surface area contributed by atoms with E-state index in [-0.39, 0.29) is 11.7 Å². The molecule has 6 nitrogen and oxygen atoms in total. The smallest absolute Gasteiger partial charge is 0.238 e. The summed E-state index contributed by atoms with van der Waals surface area (Å²) >= 11 is 0. The highest BCUT2D eigenvalue weighted by Gasteiger charge is 2.23. The number of nitrogens with one attached hydrogen (secondary N) is 1. The molecule has 1 N–H and O–H groups in total. The van der Waals surface area contributed by atoms with E-state index in [0.29, 0.717) is 18.0 Å². The van der Waals surface area contributed by atoms with Crippen molar-refractivity contribution in [1.29, 1.82) is 0 Å². The molecular weight excluding hydrogens is 410 g/mol. The van der Waals surface area contributed by atoms with E-state index < -0.39 is 9.84 Å². The van der Waals surface area contributed by atoms with Gasteiger partial charge in [0.05, 0.1) is 17.2 Å². The summed E-state index contributed by atoms with van der Waals surface area (Å²) in [7, 11) is -3.31. The van der Waals surface area contributed by atoms with Crippen molar-refractivity contribution >= 4 is 21.4 Å². The van der Waals surface area contributed by atoms with Gasteiger partial charge in [-0.2, -0.15) is 0 Å². The topological polar surface area (TPSA) is 69.7 Å². The van der Waals surface area contributed by atoms with E-state index >= 15 is 0 Å². The van der Waals surface area contributed by atoms with Crippen molar-refractivity contribution in [3.05, 3.63) is 58.7 Å². The summed E-state index contributed by atoms with van der Waals surface area (Å²) in [5.41, 5.74) is 4.86. The maximum absolute atomic E-state index is 12.8. The van der Waals surface area contributed by atoms with Crippen LogP contribution in [0.25, 0.3) is 0 Å². The van der Waals surface area contributed by atoms with Gasteiger partial charge in [0, 0.05) is 38.4 Å². The Morgan fingerprint density at radius 1 is 0.935 bits per heavy atom. The summed E-state index contributed by atoms with van der Waals surface area (Å²) in [6.07, 6.45) is 0. The Balaban J connectivity index is 1.47. The predicted molar refractivity (Wildman–Crippen MR) is 125 cm³/mol. The fraction of sp³-hybridized carbons (Fsp3) is 0.458. The molecule has 1 heterocycles. The highest BCUT2D eigenvalue weighted by Crippen LogP contribution is 2.19. The molecule has 0 bridgehead atoms. The lowest BCUT2D eigenvalue weighted by Gasteiger charge is -2.34. The molecule has 0 saturated carbocycles. The molecule has 7 heteroatoms. The fourth-order valence-electron chi connectivity index (χ4n) is 3.85. The molecule has 0 radical (unpaired) electrons. The van der Waals surface area contributed by atoms with E-state index in [4.69, 9.17) is 0 Å². The monoisotopic (exact) mass is 443 g/mol. The molecule has 3 rings (SSSR count). The first-order valence-corrected chi connectivity index (χ1v) is 12.4. The van der Waals surface area contributed by atoms with Crippen molar-refractivity contribution < 1.29 is 13.2 Å². The molecule has 168 valence electrons. The van der Waals surface area contributed by atoms with Gasteiger partial charge in [0.1, 0.15) is 0 Å². The number of nitrogens with zero attached hydrogens (tertiary/aromatic N) is 2. The van der Waals surface area contributed by atoms with Gasteiger partial charge < -0.3 is 5.32 Å². The van der Waals surface area contributed by atoms with Crippen LogP contribution in [-0.2, 0) is 14.6 Å². The predicted octanol–water partition coefficient (Wildman–Crippen LogP) is 2.95. The number of amides is 1. The average Bonchev–Trinajstić information content (AvgIpc) is 2.72. The highest BCUT2D eigenvalue weighted by atomic mass is 32.2. The van der Waals surface area contributed by atoms with E-state index in [1.807, 2.05) is 58.0 Å². The van der Waals surface area contributed by atoms with E-state index in [0.717, 1.165) is 54.1 Å². The van der Waals surface area contributed by atoms with Gasteiger partial charge in [-0.05, 0) is 62.1 Å². The molecular formula is C24H33N3O3S. The number of carbonyl (C=O) groups excluding carboxylic acids is 1. The maximum atomic E-state index is 12.8. The average molecular weight is 444 g/mol. The summed E-state index contributed by atoms with van der Waals surface area (Å²) < 4.78 is 25.6. The van der Waals surface area contributed by atoms with E-state index in [1.165, 1.54) is 0 Å². The number of piperazine rings is 1. The van der Waals surface area contributed by atoms with Gasteiger partial charge in [-0.25, -0.2) is 8.42 Å². The Kier molecular flexibility index (Phi) is 7.51. The number of benzene rings is 2. The molecule has 0 aliphatic carbocycles. The molecule has 1 amide bonds. The lowest BCUT2D eigenvalue weighted by Crippen LogP contribution is -2.49. The zero-order valence-corrected chi connectivity index (χ0v) is 19.8. The Bertz CT molecular complexity index is 1040. The lowest BCUT2D eigenvalue weighted by molar-refractivity contribution is -0.117. The first-order valence-electron chi connectivity index (χ1n) is 10.8. The zero-order valence-electron chi connectivity index (χ0n) is 18.9. The molecule has 0 atom stereocenters. The number of hydrogen-bond acceptors (Lipinski definition) is 5. The van der Waals surface area contributed by atoms with Crippen LogP contribution in [0.1, 0.15) is 22.3 Å². The number of sulfone groups is 1. The number of rotatable bonds is 7. The van der Waals surface area contributed by atoms with Gasteiger partial charge in [0.15, 0.2) is 9.84 Å². The number of carbonyl (C=O) groups is 1. The minimum absolute atomic E-state index is 0.0142. The van der Waals surface area contributed by atoms with Crippen molar-refractivity contribution in [3.8, 4) is 0 Å². The van der Waals surface area contributed by atoms with Crippen molar-refractivity contribution in [2.24, 2.45) is 0 Å². The second kappa shape index (κ2) is 9.94. The maximum Gasteiger partial charge on any atom is 0.238 e. The molecule has 1 aliphatic rings. The van der Waals surface area contributed by atoms with Crippen LogP contribution in [0.2, 0.25) is 0 Å². The van der Waals surface area contributed by atoms with Crippen LogP contribution in [0.3, 0.4) is 0 Å². The molecule has 0 aromatic heterocycles. The standard InChI is InChI=1S/C24H33N3O3S/c1-18-8-9-20(3)23(16-18)31(29,30)15-14-26-10-12-27(13-11-26)17-24(28)25-22-7-5-6-19(2)21(22)4/h5-9,16H,10-15,17H2,1-4H3,(H,25,28). The van der Waals surface area contributed by atoms with E-state index in [2.05, 4.69) is 15.1 Å². The molecule has 0 spiro atoms. The Morgan fingerprint density at radius 3 is 2.32 bits per heavy atom. The van der Waals surface area contributed by atoms with Gasteiger partial charge >= 0.3 is 0 Å². The third-order valence-electron chi connectivity index (χ3n) is 6.07. The third kappa shape index (κ3) is 6.15. The van der Waals surface area contributed by atoms with Crippen LogP contribution in [-0.4, -0.2) is 69.1 Å². The minimum Gasteiger partial charge on any atom is -0.325 e. The highest BCUT2D eigenvalue weighted by molar-refractivity contribution is 7.91. The first-order chi connectivity index (χ1) is 14.7. The van der Waals surface area contributed by atoms with Crippen LogP contribution in [0, 0.1) is 27.7 Å². The van der Waals surface area contributed by atoms with Crippen LogP contribution in [0.15, 0.2) is 41.3 Å². The first kappa shape index (κ1) is 23.4. The molecule has 31 heavy (non-hydrogen) atoms. The number of aryl methyl sites for hydroxylation is 3. The summed E-state index contributed by atoms with van der Waals surface area (Å²) in [6.45, 7) is 11.7. The van der Waals surface area contributed by atoms with Crippen LogP contribution >= 0.6 is 0 Å². The Morgan fingerprint density at radius 2 is 1.61 bits per heavy atom. The van der Waals surface area contributed by atoms with Crippen molar-refractivity contribution in [1.82, 2.24) is 9.80 Å². The quantitative estimate of drug-likeness (QED) is 0.713. The normalized spacial score (nSPS) is 15.7. The summed E-state index contributed by atoms with van der Waals surface area (Å²) in [4.78, 5) is 17.2. The summed E-state index contributed by atoms with van der Waals surface area (Å²) in [5.74, 6) is 0.101. The molecule has 1 aliphatic heterocycles. The summed E-state index contributed by atoms with van der Waals surface area (Å²) in [5, 5.41) is 3.01. The summed E-state index contributed by atoms with van der Waals surface area (Å²) in [6, 6.07) is 11.5. The van der Waals surface area contributed by atoms with Crippen LogP contribution in [0.5, 0.6) is 0 Å². The Hall–Kier alpha value is -2.22. The van der Waals surface area contributed by atoms with Crippen molar-refractivity contribution in [2.75, 3.05) is 50.3 Å². The van der Waals surface area contributed by atoms with Gasteiger partial charge in [-0.15, -0.1) is 0 Å². The van der Waals surface area contributed by atoms with Crippen molar-refractivity contribution in [3.63, 3.8) is 0 Å². The molecule has 0 unspecified atom stereocenters. The van der Waals surface area contributed by atoms with Gasteiger partial charge in [-0.1, -0.05) is 24.3 Å². The largest absolute Gasteiger partial charge is 0.325 e. The molecule has 1 fully saturated rings. The zero-order chi connectivity index (χ0) is 22.6. The Labute approximate surface area is 186 Å². The van der Waals surface area contributed by atoms with Gasteiger partial charge in [0.2, 0.25) is 5.91 Å². The minimum atomic E-state index is -3.31. The second-order valence-corrected chi connectivity index (χ2v) is 10.6. The van der Waals surface area contributed by atoms with Gasteiger partial charge in [-0.3, -0.25) is 14.6 Å². The van der Waals surface area contributed by atoms with Crippen LogP contribution < -0.4 is 5.32 Å². The van der Waals surface area contributed by atoms with Gasteiger partial charge in [0.25, 0.3) is 0 Å².